The van der Waals surface area contributed by atoms with E-state index in [1.165, 1.54) is 0 Å². The van der Waals surface area contributed by atoms with Gasteiger partial charge in [-0.2, -0.15) is 0 Å². The third-order valence-electron chi connectivity index (χ3n) is 4.76. The lowest BCUT2D eigenvalue weighted by Crippen LogP contribution is -2.59. The molecule has 2 aliphatic heterocycles. The van der Waals surface area contributed by atoms with Gasteiger partial charge >= 0.3 is 5.97 Å². The summed E-state index contributed by atoms with van der Waals surface area (Å²) in [6.45, 7) is 5.23. The summed E-state index contributed by atoms with van der Waals surface area (Å²) >= 11 is 0. The van der Waals surface area contributed by atoms with Gasteiger partial charge in [0.2, 0.25) is 0 Å². The van der Waals surface area contributed by atoms with E-state index in [0.29, 0.717) is 31.0 Å². The molecule has 0 bridgehead atoms. The van der Waals surface area contributed by atoms with Crippen molar-refractivity contribution in [3.05, 3.63) is 29.8 Å². The Hall–Kier alpha value is -2.12. The molecule has 1 spiro atoms. The smallest absolute Gasteiger partial charge is 0.341 e. The summed E-state index contributed by atoms with van der Waals surface area (Å²) in [6, 6.07) is 6.52. The number of carbonyl (C=O) groups excluding carboxylic acids is 1. The molecule has 1 N–H and O–H groups in total. The minimum atomic E-state index is -1.04. The molecule has 7 heteroatoms. The Kier molecular flexibility index (Phi) is 4.96. The number of hydrogen-bond acceptors (Lipinski definition) is 5. The van der Waals surface area contributed by atoms with E-state index in [1.54, 1.807) is 24.3 Å². The van der Waals surface area contributed by atoms with E-state index in [1.807, 2.05) is 18.7 Å². The SMILES string of the molecule is CC1CN(C(=O)c2ccc(OCC(=O)O)cc2)CC2(CCOC2C)O1. The van der Waals surface area contributed by atoms with E-state index >= 15 is 0 Å². The van der Waals surface area contributed by atoms with Gasteiger partial charge in [-0.05, 0) is 38.1 Å². The van der Waals surface area contributed by atoms with Crippen LogP contribution < -0.4 is 4.74 Å². The third-order valence-corrected chi connectivity index (χ3v) is 4.76. The third kappa shape index (κ3) is 3.77. The van der Waals surface area contributed by atoms with Crippen LogP contribution in [0.3, 0.4) is 0 Å². The lowest BCUT2D eigenvalue weighted by molar-refractivity contribution is -0.160. The van der Waals surface area contributed by atoms with Crippen LogP contribution in [0.2, 0.25) is 0 Å². The molecule has 1 aromatic carbocycles. The van der Waals surface area contributed by atoms with E-state index in [2.05, 4.69) is 0 Å². The number of benzene rings is 1. The summed E-state index contributed by atoms with van der Waals surface area (Å²) in [7, 11) is 0. The fourth-order valence-corrected chi connectivity index (χ4v) is 3.48. The number of aliphatic carboxylic acids is 1. The van der Waals surface area contributed by atoms with Crippen molar-refractivity contribution in [2.75, 3.05) is 26.3 Å². The minimum Gasteiger partial charge on any atom is -0.482 e. The van der Waals surface area contributed by atoms with Crippen LogP contribution in [0.25, 0.3) is 0 Å². The van der Waals surface area contributed by atoms with Crippen molar-refractivity contribution >= 4 is 11.9 Å². The second-order valence-electron chi connectivity index (χ2n) is 6.65. The average molecular weight is 349 g/mol. The Balaban J connectivity index is 1.70. The predicted molar refractivity (Wildman–Crippen MR) is 88.8 cm³/mol. The molecule has 0 radical (unpaired) electrons. The summed E-state index contributed by atoms with van der Waals surface area (Å²) in [5, 5.41) is 8.63. The lowest BCUT2D eigenvalue weighted by atomic mass is 9.92. The molecule has 7 nitrogen and oxygen atoms in total. The van der Waals surface area contributed by atoms with E-state index in [4.69, 9.17) is 19.3 Å². The summed E-state index contributed by atoms with van der Waals surface area (Å²) in [5.74, 6) is -0.692. The minimum absolute atomic E-state index is 0.0441. The molecule has 25 heavy (non-hydrogen) atoms. The monoisotopic (exact) mass is 349 g/mol. The highest BCUT2D eigenvalue weighted by Crippen LogP contribution is 2.35. The molecule has 0 saturated carbocycles. The highest BCUT2D eigenvalue weighted by Gasteiger charge is 2.48. The molecule has 3 rings (SSSR count). The maximum atomic E-state index is 12.9. The first-order valence-corrected chi connectivity index (χ1v) is 8.43. The first-order chi connectivity index (χ1) is 11.9. The van der Waals surface area contributed by atoms with Crippen molar-refractivity contribution in [2.45, 2.75) is 38.1 Å². The number of carbonyl (C=O) groups is 2. The number of carboxylic acid groups (broad SMARTS) is 1. The van der Waals surface area contributed by atoms with Gasteiger partial charge < -0.3 is 24.2 Å². The van der Waals surface area contributed by atoms with E-state index in [-0.39, 0.29) is 18.1 Å². The Morgan fingerprint density at radius 3 is 2.64 bits per heavy atom. The van der Waals surface area contributed by atoms with Crippen LogP contribution in [0.4, 0.5) is 0 Å². The van der Waals surface area contributed by atoms with Crippen molar-refractivity contribution in [1.29, 1.82) is 0 Å². The maximum Gasteiger partial charge on any atom is 0.341 e. The number of carboxylic acids is 1. The molecule has 2 aliphatic rings. The predicted octanol–water partition coefficient (Wildman–Crippen LogP) is 1.56. The van der Waals surface area contributed by atoms with Crippen LogP contribution in [-0.4, -0.2) is 66.0 Å². The van der Waals surface area contributed by atoms with E-state index < -0.39 is 18.2 Å². The number of nitrogens with zero attached hydrogens (tertiary/aromatic N) is 1. The molecule has 2 heterocycles. The van der Waals surface area contributed by atoms with Crippen molar-refractivity contribution in [1.82, 2.24) is 4.90 Å². The van der Waals surface area contributed by atoms with Crippen LogP contribution in [0.15, 0.2) is 24.3 Å². The highest BCUT2D eigenvalue weighted by molar-refractivity contribution is 5.94. The quantitative estimate of drug-likeness (QED) is 0.888. The standard InChI is InChI=1S/C18H23NO6/c1-12-9-19(11-18(25-12)7-8-23-13(18)2)17(22)14-3-5-15(6-4-14)24-10-16(20)21/h3-6,12-13H,7-11H2,1-2H3,(H,20,21). The molecule has 136 valence electrons. The van der Waals surface area contributed by atoms with Crippen molar-refractivity contribution in [3.63, 3.8) is 0 Å². The Morgan fingerprint density at radius 2 is 2.04 bits per heavy atom. The highest BCUT2D eigenvalue weighted by atomic mass is 16.6. The van der Waals surface area contributed by atoms with Crippen LogP contribution in [0, 0.1) is 0 Å². The Bertz CT molecular complexity index is 645. The zero-order chi connectivity index (χ0) is 18.0. The maximum absolute atomic E-state index is 12.9. The van der Waals surface area contributed by atoms with Gasteiger partial charge in [-0.15, -0.1) is 0 Å². The molecule has 0 aliphatic carbocycles. The van der Waals surface area contributed by atoms with Gasteiger partial charge in [0.25, 0.3) is 5.91 Å². The molecule has 2 saturated heterocycles. The fraction of sp³-hybridized carbons (Fsp3) is 0.556. The Labute approximate surface area is 146 Å². The van der Waals surface area contributed by atoms with Gasteiger partial charge in [0.1, 0.15) is 11.4 Å². The summed E-state index contributed by atoms with van der Waals surface area (Å²) in [4.78, 5) is 25.2. The van der Waals surface area contributed by atoms with Crippen LogP contribution >= 0.6 is 0 Å². The second kappa shape index (κ2) is 7.01. The number of rotatable bonds is 4. The summed E-state index contributed by atoms with van der Waals surface area (Å²) in [6.07, 6.45) is 0.682. The summed E-state index contributed by atoms with van der Waals surface area (Å²) < 4.78 is 16.9. The molecule has 1 amide bonds. The van der Waals surface area contributed by atoms with Crippen LogP contribution in [0.5, 0.6) is 5.75 Å². The topological polar surface area (TPSA) is 85.3 Å². The summed E-state index contributed by atoms with van der Waals surface area (Å²) in [5.41, 5.74) is 0.108. The average Bonchev–Trinajstić information content (AvgIpc) is 2.91. The number of hydrogen-bond donors (Lipinski definition) is 1. The molecular weight excluding hydrogens is 326 g/mol. The molecule has 3 unspecified atom stereocenters. The van der Waals surface area contributed by atoms with Gasteiger partial charge in [0.05, 0.1) is 18.8 Å². The lowest BCUT2D eigenvalue weighted by Gasteiger charge is -2.45. The first kappa shape index (κ1) is 17.7. The van der Waals surface area contributed by atoms with Crippen molar-refractivity contribution in [2.24, 2.45) is 0 Å². The zero-order valence-electron chi connectivity index (χ0n) is 14.4. The largest absolute Gasteiger partial charge is 0.482 e. The molecule has 3 atom stereocenters. The molecular formula is C18H23NO6. The second-order valence-corrected chi connectivity index (χ2v) is 6.65. The fourth-order valence-electron chi connectivity index (χ4n) is 3.48. The van der Waals surface area contributed by atoms with E-state index in [0.717, 1.165) is 6.42 Å². The van der Waals surface area contributed by atoms with Crippen molar-refractivity contribution in [3.8, 4) is 5.75 Å². The van der Waals surface area contributed by atoms with Gasteiger partial charge in [-0.1, -0.05) is 0 Å². The normalized spacial score (nSPS) is 29.0. The first-order valence-electron chi connectivity index (χ1n) is 8.43. The molecule has 1 aromatic rings. The van der Waals surface area contributed by atoms with Gasteiger partial charge in [0.15, 0.2) is 6.61 Å². The van der Waals surface area contributed by atoms with E-state index in [9.17, 15) is 9.59 Å². The Morgan fingerprint density at radius 1 is 1.32 bits per heavy atom. The van der Waals surface area contributed by atoms with Crippen LogP contribution in [-0.2, 0) is 14.3 Å². The van der Waals surface area contributed by atoms with Gasteiger partial charge in [-0.3, -0.25) is 4.79 Å². The zero-order valence-corrected chi connectivity index (χ0v) is 14.4. The number of amides is 1. The molecule has 0 aromatic heterocycles. The van der Waals surface area contributed by atoms with Gasteiger partial charge in [0, 0.05) is 25.1 Å². The van der Waals surface area contributed by atoms with Crippen molar-refractivity contribution < 1.29 is 28.9 Å². The number of morpholine rings is 1. The van der Waals surface area contributed by atoms with Gasteiger partial charge in [-0.25, -0.2) is 4.79 Å². The van der Waals surface area contributed by atoms with Crippen LogP contribution in [0.1, 0.15) is 30.6 Å². The number of ether oxygens (including phenoxy) is 3. The molecule has 2 fully saturated rings.